The van der Waals surface area contributed by atoms with Gasteiger partial charge in [-0.3, -0.25) is 4.79 Å². The van der Waals surface area contributed by atoms with Crippen molar-refractivity contribution < 1.29 is 24.1 Å². The van der Waals surface area contributed by atoms with Crippen molar-refractivity contribution >= 4 is 17.6 Å². The molecule has 0 saturated carbocycles. The highest BCUT2D eigenvalue weighted by molar-refractivity contribution is 6.31. The summed E-state index contributed by atoms with van der Waals surface area (Å²) in [6.07, 6.45) is 0.537. The predicted molar refractivity (Wildman–Crippen MR) is 101 cm³/mol. The van der Waals surface area contributed by atoms with Crippen LogP contribution in [0, 0.1) is 6.92 Å². The molecular weight excluding hydrogens is 356 g/mol. The van der Waals surface area contributed by atoms with E-state index in [4.69, 9.17) is 30.9 Å². The first-order valence-electron chi connectivity index (χ1n) is 8.49. The standard InChI is InChI=1S/C20H23ClO5/c1-3-24-19-13-15(5-9-20(22)23)4-8-18(19)26-11-10-25-16-6-7-17(21)14(2)12-16/h4,6-8,12-13H,3,5,9-11H2,1-2H3,(H,22,23). The quantitative estimate of drug-likeness (QED) is 0.615. The number of aryl methyl sites for hydroxylation is 2. The van der Waals surface area contributed by atoms with E-state index in [0.717, 1.165) is 16.9 Å². The van der Waals surface area contributed by atoms with Crippen LogP contribution >= 0.6 is 11.6 Å². The normalized spacial score (nSPS) is 10.4. The van der Waals surface area contributed by atoms with Crippen LogP contribution in [0.25, 0.3) is 0 Å². The van der Waals surface area contributed by atoms with E-state index in [1.54, 1.807) is 12.1 Å². The number of carbonyl (C=O) groups is 1. The summed E-state index contributed by atoms with van der Waals surface area (Å²) in [6, 6.07) is 11.0. The minimum atomic E-state index is -0.821. The lowest BCUT2D eigenvalue weighted by Gasteiger charge is -2.14. The van der Waals surface area contributed by atoms with E-state index >= 15 is 0 Å². The summed E-state index contributed by atoms with van der Waals surface area (Å²) in [6.45, 7) is 5.05. The first kappa shape index (κ1) is 19.9. The molecule has 26 heavy (non-hydrogen) atoms. The number of benzene rings is 2. The largest absolute Gasteiger partial charge is 0.490 e. The van der Waals surface area contributed by atoms with Gasteiger partial charge >= 0.3 is 5.97 Å². The second-order valence-electron chi connectivity index (χ2n) is 5.72. The van der Waals surface area contributed by atoms with Crippen molar-refractivity contribution in [2.45, 2.75) is 26.7 Å². The van der Waals surface area contributed by atoms with Crippen molar-refractivity contribution in [1.82, 2.24) is 0 Å². The highest BCUT2D eigenvalue weighted by Crippen LogP contribution is 2.29. The average molecular weight is 379 g/mol. The molecule has 1 N–H and O–H groups in total. The van der Waals surface area contributed by atoms with Crippen LogP contribution in [0.4, 0.5) is 0 Å². The van der Waals surface area contributed by atoms with Gasteiger partial charge in [0.25, 0.3) is 0 Å². The predicted octanol–water partition coefficient (Wildman–Crippen LogP) is 4.52. The van der Waals surface area contributed by atoms with Gasteiger partial charge in [0.2, 0.25) is 0 Å². The van der Waals surface area contributed by atoms with E-state index in [9.17, 15) is 4.79 Å². The summed E-state index contributed by atoms with van der Waals surface area (Å²) in [5.74, 6) is 1.14. The molecule has 0 aliphatic rings. The number of hydrogen-bond donors (Lipinski definition) is 1. The first-order chi connectivity index (χ1) is 12.5. The van der Waals surface area contributed by atoms with Crippen LogP contribution in [0.15, 0.2) is 36.4 Å². The number of carboxylic acids is 1. The third kappa shape index (κ3) is 6.15. The Morgan fingerprint density at radius 3 is 2.50 bits per heavy atom. The van der Waals surface area contributed by atoms with Crippen LogP contribution in [0.5, 0.6) is 17.2 Å². The fraction of sp³-hybridized carbons (Fsp3) is 0.350. The van der Waals surface area contributed by atoms with Gasteiger partial charge in [-0.05, 0) is 61.7 Å². The van der Waals surface area contributed by atoms with Gasteiger partial charge in [-0.1, -0.05) is 17.7 Å². The first-order valence-corrected chi connectivity index (χ1v) is 8.86. The molecule has 0 saturated heterocycles. The topological polar surface area (TPSA) is 65.0 Å². The molecule has 0 heterocycles. The van der Waals surface area contributed by atoms with E-state index in [1.165, 1.54) is 0 Å². The molecule has 2 aromatic carbocycles. The van der Waals surface area contributed by atoms with Crippen molar-refractivity contribution in [2.75, 3.05) is 19.8 Å². The molecule has 0 spiro atoms. The molecule has 0 bridgehead atoms. The Hall–Kier alpha value is -2.40. The molecule has 0 amide bonds. The molecule has 6 heteroatoms. The van der Waals surface area contributed by atoms with Crippen molar-refractivity contribution in [3.05, 3.63) is 52.5 Å². The minimum Gasteiger partial charge on any atom is -0.490 e. The summed E-state index contributed by atoms with van der Waals surface area (Å²) >= 11 is 5.99. The molecule has 0 fully saturated rings. The smallest absolute Gasteiger partial charge is 0.303 e. The van der Waals surface area contributed by atoms with E-state index in [2.05, 4.69) is 0 Å². The van der Waals surface area contributed by atoms with Gasteiger partial charge in [-0.25, -0.2) is 0 Å². The summed E-state index contributed by atoms with van der Waals surface area (Å²) < 4.78 is 17.0. The molecule has 2 aromatic rings. The lowest BCUT2D eigenvalue weighted by atomic mass is 10.1. The number of aliphatic carboxylic acids is 1. The Balaban J connectivity index is 1.90. The minimum absolute atomic E-state index is 0.0835. The number of carboxylic acid groups (broad SMARTS) is 1. The molecule has 140 valence electrons. The van der Waals surface area contributed by atoms with Crippen LogP contribution in [-0.2, 0) is 11.2 Å². The Morgan fingerprint density at radius 1 is 1.04 bits per heavy atom. The second kappa shape index (κ2) is 9.92. The maximum absolute atomic E-state index is 10.7. The Morgan fingerprint density at radius 2 is 1.81 bits per heavy atom. The highest BCUT2D eigenvalue weighted by atomic mass is 35.5. The zero-order valence-electron chi connectivity index (χ0n) is 15.0. The molecule has 2 rings (SSSR count). The van der Waals surface area contributed by atoms with Gasteiger partial charge in [-0.15, -0.1) is 0 Å². The third-order valence-electron chi connectivity index (χ3n) is 3.67. The van der Waals surface area contributed by atoms with E-state index in [0.29, 0.717) is 42.8 Å². The zero-order valence-corrected chi connectivity index (χ0v) is 15.7. The summed E-state index contributed by atoms with van der Waals surface area (Å²) in [5.41, 5.74) is 1.86. The number of halogens is 1. The Labute approximate surface area is 158 Å². The van der Waals surface area contributed by atoms with Crippen molar-refractivity contribution in [3.8, 4) is 17.2 Å². The van der Waals surface area contributed by atoms with E-state index in [1.807, 2.05) is 38.1 Å². The van der Waals surface area contributed by atoms with Gasteiger partial charge in [0.05, 0.1) is 6.61 Å². The van der Waals surface area contributed by atoms with Crippen LogP contribution in [-0.4, -0.2) is 30.9 Å². The van der Waals surface area contributed by atoms with Gasteiger partial charge in [0.15, 0.2) is 11.5 Å². The molecule has 0 radical (unpaired) electrons. The van der Waals surface area contributed by atoms with Crippen molar-refractivity contribution in [3.63, 3.8) is 0 Å². The maximum atomic E-state index is 10.7. The van der Waals surface area contributed by atoms with Gasteiger partial charge in [0, 0.05) is 11.4 Å². The molecule has 5 nitrogen and oxygen atoms in total. The van der Waals surface area contributed by atoms with Crippen molar-refractivity contribution in [2.24, 2.45) is 0 Å². The molecule has 0 aliphatic carbocycles. The summed E-state index contributed by atoms with van der Waals surface area (Å²) in [4.78, 5) is 10.7. The third-order valence-corrected chi connectivity index (χ3v) is 4.10. The Kier molecular flexibility index (Phi) is 7.60. The van der Waals surface area contributed by atoms with Gasteiger partial charge in [-0.2, -0.15) is 0 Å². The fourth-order valence-electron chi connectivity index (χ4n) is 2.36. The number of hydrogen-bond acceptors (Lipinski definition) is 4. The summed E-state index contributed by atoms with van der Waals surface area (Å²) in [7, 11) is 0. The Bertz CT molecular complexity index is 745. The monoisotopic (exact) mass is 378 g/mol. The lowest BCUT2D eigenvalue weighted by Crippen LogP contribution is -2.10. The number of ether oxygens (including phenoxy) is 3. The highest BCUT2D eigenvalue weighted by Gasteiger charge is 2.08. The lowest BCUT2D eigenvalue weighted by molar-refractivity contribution is -0.136. The molecule has 0 aromatic heterocycles. The average Bonchev–Trinajstić information content (AvgIpc) is 2.61. The summed E-state index contributed by atoms with van der Waals surface area (Å²) in [5, 5.41) is 9.50. The zero-order chi connectivity index (χ0) is 18.9. The maximum Gasteiger partial charge on any atom is 0.303 e. The van der Waals surface area contributed by atoms with E-state index in [-0.39, 0.29) is 6.42 Å². The van der Waals surface area contributed by atoms with E-state index < -0.39 is 5.97 Å². The van der Waals surface area contributed by atoms with Crippen LogP contribution in [0.3, 0.4) is 0 Å². The van der Waals surface area contributed by atoms with Crippen LogP contribution in [0.1, 0.15) is 24.5 Å². The molecule has 0 aliphatic heterocycles. The molecule has 0 atom stereocenters. The second-order valence-corrected chi connectivity index (χ2v) is 6.12. The van der Waals surface area contributed by atoms with Crippen LogP contribution in [0.2, 0.25) is 5.02 Å². The SMILES string of the molecule is CCOc1cc(CCC(=O)O)ccc1OCCOc1ccc(Cl)c(C)c1. The van der Waals surface area contributed by atoms with Crippen LogP contribution < -0.4 is 14.2 Å². The number of rotatable bonds is 10. The van der Waals surface area contributed by atoms with Gasteiger partial charge < -0.3 is 19.3 Å². The van der Waals surface area contributed by atoms with Crippen molar-refractivity contribution in [1.29, 1.82) is 0 Å². The fourth-order valence-corrected chi connectivity index (χ4v) is 2.48. The molecule has 0 unspecified atom stereocenters. The van der Waals surface area contributed by atoms with Gasteiger partial charge in [0.1, 0.15) is 19.0 Å². The molecular formula is C20H23ClO5.